The zero-order valence-corrected chi connectivity index (χ0v) is 28.7. The van der Waals surface area contributed by atoms with Crippen molar-refractivity contribution in [3.63, 3.8) is 0 Å². The molecule has 0 fully saturated rings. The van der Waals surface area contributed by atoms with Gasteiger partial charge in [0.1, 0.15) is 22.2 Å². The van der Waals surface area contributed by atoms with Crippen LogP contribution in [0.5, 0.6) is 0 Å². The summed E-state index contributed by atoms with van der Waals surface area (Å²) in [5.74, 6) is 0. The zero-order chi connectivity index (χ0) is 31.3. The SMILES string of the molecule is [Zn+2].c1cnc2c(c1)oc1ccc3c4ccccc4c4nc[n-]c4c3c12.c1cnc2c(c1)oc1ccc3c4ccccc4c4nc[n-]c4c3c12. The Balaban J connectivity index is 0.000000122. The third-order valence-corrected chi connectivity index (χ3v) is 9.40. The number of hydrogen-bond acceptors (Lipinski definition) is 6. The Morgan fingerprint density at radius 2 is 0.816 bits per heavy atom. The summed E-state index contributed by atoms with van der Waals surface area (Å²) in [6.07, 6.45) is 6.85. The normalized spacial score (nSPS) is 11.9. The maximum absolute atomic E-state index is 5.99. The Kier molecular flexibility index (Phi) is 5.93. The molecule has 0 aliphatic rings. The topological polar surface area (TPSA) is 106 Å². The zero-order valence-electron chi connectivity index (χ0n) is 25.8. The number of nitrogens with zero attached hydrogens (tertiary/aromatic N) is 6. The van der Waals surface area contributed by atoms with Crippen molar-refractivity contribution < 1.29 is 28.3 Å². The minimum absolute atomic E-state index is 0. The van der Waals surface area contributed by atoms with Gasteiger partial charge in [0.2, 0.25) is 0 Å². The third-order valence-electron chi connectivity index (χ3n) is 9.40. The predicted octanol–water partition coefficient (Wildman–Crippen LogP) is 9.58. The molecule has 6 heterocycles. The molecule has 0 saturated carbocycles. The van der Waals surface area contributed by atoms with E-state index in [2.05, 4.69) is 78.4 Å². The predicted molar refractivity (Wildman–Crippen MR) is 190 cm³/mol. The third kappa shape index (κ3) is 3.82. The van der Waals surface area contributed by atoms with E-state index in [-0.39, 0.29) is 19.5 Å². The van der Waals surface area contributed by atoms with Gasteiger partial charge in [0.25, 0.3) is 0 Å². The first kappa shape index (κ1) is 27.9. The van der Waals surface area contributed by atoms with E-state index in [0.717, 1.165) is 98.5 Å². The largest absolute Gasteiger partial charge is 2.00 e. The number of pyridine rings is 2. The van der Waals surface area contributed by atoms with E-state index < -0.39 is 0 Å². The van der Waals surface area contributed by atoms with Crippen LogP contribution in [-0.2, 0) is 19.5 Å². The monoisotopic (exact) mass is 680 g/mol. The summed E-state index contributed by atoms with van der Waals surface area (Å²) in [7, 11) is 0. The Bertz CT molecular complexity index is 3040. The van der Waals surface area contributed by atoms with E-state index in [9.17, 15) is 0 Å². The molecule has 0 unspecified atom stereocenters. The fraction of sp³-hybridized carbons (Fsp3) is 0. The van der Waals surface area contributed by atoms with E-state index in [1.165, 1.54) is 10.8 Å². The van der Waals surface area contributed by atoms with Crippen molar-refractivity contribution in [3.8, 4) is 0 Å². The Morgan fingerprint density at radius 3 is 1.29 bits per heavy atom. The smallest absolute Gasteiger partial charge is 0.454 e. The number of imidazole rings is 2. The number of fused-ring (bicyclic) bond motifs is 20. The van der Waals surface area contributed by atoms with E-state index in [1.807, 2.05) is 48.5 Å². The fourth-order valence-corrected chi connectivity index (χ4v) is 7.45. The summed E-state index contributed by atoms with van der Waals surface area (Å²) >= 11 is 0. The second kappa shape index (κ2) is 10.4. The summed E-state index contributed by atoms with van der Waals surface area (Å²) in [5, 5.41) is 11.1. The number of aromatic nitrogens is 6. The van der Waals surface area contributed by atoms with Gasteiger partial charge in [0.15, 0.2) is 11.2 Å². The summed E-state index contributed by atoms with van der Waals surface area (Å²) < 4.78 is 12.0. The Morgan fingerprint density at radius 1 is 0.367 bits per heavy atom. The molecule has 9 heteroatoms. The minimum atomic E-state index is 0. The molecule has 0 bridgehead atoms. The van der Waals surface area contributed by atoms with Gasteiger partial charge in [-0.15, -0.1) is 0 Å². The van der Waals surface area contributed by atoms with Crippen LogP contribution in [0.1, 0.15) is 0 Å². The van der Waals surface area contributed by atoms with Crippen LogP contribution in [0.3, 0.4) is 0 Å². The summed E-state index contributed by atoms with van der Waals surface area (Å²) in [6.45, 7) is 0. The van der Waals surface area contributed by atoms with Gasteiger partial charge in [-0.25, -0.2) is 0 Å². The molecule has 0 aliphatic carbocycles. The van der Waals surface area contributed by atoms with Crippen LogP contribution >= 0.6 is 0 Å². The Hall–Kier alpha value is -6.18. The maximum atomic E-state index is 5.99. The van der Waals surface area contributed by atoms with Crippen LogP contribution in [0.4, 0.5) is 0 Å². The number of benzene rings is 6. The number of furan rings is 2. The molecule has 6 aromatic heterocycles. The van der Waals surface area contributed by atoms with Gasteiger partial charge in [-0.3, -0.25) is 9.97 Å². The molecule has 0 N–H and O–H groups in total. The first-order valence-corrected chi connectivity index (χ1v) is 15.6. The summed E-state index contributed by atoms with van der Waals surface area (Å²) in [5.41, 5.74) is 8.65. The second-order valence-corrected chi connectivity index (χ2v) is 11.9. The van der Waals surface area contributed by atoms with Crippen LogP contribution in [0.15, 0.2) is 131 Å². The molecular formula is C40H20N6O2Zn. The van der Waals surface area contributed by atoms with Crippen LogP contribution < -0.4 is 9.97 Å². The van der Waals surface area contributed by atoms with Crippen LogP contribution in [0.25, 0.3) is 109 Å². The molecule has 0 aliphatic heterocycles. The molecule has 49 heavy (non-hydrogen) atoms. The summed E-state index contributed by atoms with van der Waals surface area (Å²) in [6, 6.07) is 32.6. The maximum Gasteiger partial charge on any atom is 2.00 e. The van der Waals surface area contributed by atoms with Crippen LogP contribution in [0, 0.1) is 0 Å². The van der Waals surface area contributed by atoms with Gasteiger partial charge in [0, 0.05) is 12.4 Å². The van der Waals surface area contributed by atoms with E-state index in [0.29, 0.717) is 0 Å². The summed E-state index contributed by atoms with van der Waals surface area (Å²) in [4.78, 5) is 27.2. The van der Waals surface area contributed by atoms with Crippen molar-refractivity contribution in [2.75, 3.05) is 0 Å². The van der Waals surface area contributed by atoms with Crippen molar-refractivity contribution in [1.29, 1.82) is 0 Å². The quantitative estimate of drug-likeness (QED) is 0.115. The molecule has 224 valence electrons. The standard InChI is InChI=1S/2C20H10N3O.Zn/c2*1-2-5-13-11(4-1)12-7-8-14-17(16(12)20-18(13)22-10-23-20)19-15(24-14)6-3-9-21-19;/h2*1-10H;/q2*-1;+2. The fourth-order valence-electron chi connectivity index (χ4n) is 7.45. The van der Waals surface area contributed by atoms with Gasteiger partial charge >= 0.3 is 19.5 Å². The first-order valence-electron chi connectivity index (χ1n) is 15.6. The number of rotatable bonds is 0. The average Bonchev–Trinajstić information content (AvgIpc) is 3.96. The van der Waals surface area contributed by atoms with E-state index in [1.54, 1.807) is 25.0 Å². The molecule has 0 saturated heterocycles. The van der Waals surface area contributed by atoms with Crippen molar-refractivity contribution in [2.45, 2.75) is 0 Å². The first-order chi connectivity index (χ1) is 23.8. The molecule has 0 radical (unpaired) electrons. The average molecular weight is 682 g/mol. The number of hydrogen-bond donors (Lipinski definition) is 0. The molecule has 12 rings (SSSR count). The van der Waals surface area contributed by atoms with Crippen molar-refractivity contribution >= 4 is 109 Å². The van der Waals surface area contributed by atoms with E-state index in [4.69, 9.17) is 8.83 Å². The van der Waals surface area contributed by atoms with Gasteiger partial charge in [-0.1, -0.05) is 61.2 Å². The van der Waals surface area contributed by atoms with Crippen molar-refractivity contribution in [3.05, 3.63) is 122 Å². The Labute approximate surface area is 288 Å². The molecule has 12 aromatic rings. The van der Waals surface area contributed by atoms with Gasteiger partial charge < -0.3 is 28.8 Å². The van der Waals surface area contributed by atoms with Crippen molar-refractivity contribution in [1.82, 2.24) is 29.9 Å². The molecular weight excluding hydrogens is 662 g/mol. The molecule has 8 nitrogen and oxygen atoms in total. The van der Waals surface area contributed by atoms with Gasteiger partial charge in [0.05, 0.1) is 10.8 Å². The molecule has 6 aromatic carbocycles. The molecule has 0 spiro atoms. The van der Waals surface area contributed by atoms with Crippen molar-refractivity contribution in [2.24, 2.45) is 0 Å². The molecule has 0 amide bonds. The molecule has 0 atom stereocenters. The van der Waals surface area contributed by atoms with E-state index >= 15 is 0 Å². The second-order valence-electron chi connectivity index (χ2n) is 11.9. The minimum Gasteiger partial charge on any atom is -0.454 e. The van der Waals surface area contributed by atoms with Crippen LogP contribution in [-0.4, -0.2) is 19.9 Å². The van der Waals surface area contributed by atoms with Crippen LogP contribution in [0.2, 0.25) is 0 Å². The van der Waals surface area contributed by atoms with Gasteiger partial charge in [-0.2, -0.15) is 0 Å². The van der Waals surface area contributed by atoms with Gasteiger partial charge in [-0.05, 0) is 114 Å².